The number of halogens is 1. The molecule has 1 saturated heterocycles. The molecule has 2 heterocycles. The zero-order valence-corrected chi connectivity index (χ0v) is 23.7. The van der Waals surface area contributed by atoms with Gasteiger partial charge in [0.05, 0.1) is 5.92 Å². The second kappa shape index (κ2) is 13.7. The average Bonchev–Trinajstić information content (AvgIpc) is 2.95. The summed E-state index contributed by atoms with van der Waals surface area (Å²) in [6, 6.07) is 24.5. The summed E-state index contributed by atoms with van der Waals surface area (Å²) in [7, 11) is 0. The van der Waals surface area contributed by atoms with Gasteiger partial charge in [0.2, 0.25) is 0 Å². The van der Waals surface area contributed by atoms with Crippen molar-refractivity contribution in [2.45, 2.75) is 39.5 Å². The number of benzene rings is 3. The van der Waals surface area contributed by atoms with Gasteiger partial charge in [0.1, 0.15) is 30.5 Å². The summed E-state index contributed by atoms with van der Waals surface area (Å²) in [5.74, 6) is 1.72. The van der Waals surface area contributed by atoms with Crippen molar-refractivity contribution in [3.63, 3.8) is 0 Å². The standard InChI is InChI=1S/C33H37NO4.ClH/c1-24(2)33(35)38-28-15-16-29-30(31(23-37-32(29)22-28)26-9-5-3-6-10-26)21-25-11-13-27(14-12-25)36-20-19-34-17-7-4-8-18-34;/h3,5-6,9-16,22,24H,4,7-8,17-21,23H2,1-2H3;1H. The van der Waals surface area contributed by atoms with Crippen LogP contribution in [0.15, 0.2) is 72.8 Å². The van der Waals surface area contributed by atoms with Crippen molar-refractivity contribution in [1.29, 1.82) is 0 Å². The number of carbonyl (C=O) groups excluding carboxylic acids is 1. The van der Waals surface area contributed by atoms with E-state index in [1.54, 1.807) is 0 Å². The van der Waals surface area contributed by atoms with Gasteiger partial charge in [-0.3, -0.25) is 9.69 Å². The lowest BCUT2D eigenvalue weighted by molar-refractivity contribution is -0.137. The fourth-order valence-corrected chi connectivity index (χ4v) is 5.05. The number of hydrogen-bond donors (Lipinski definition) is 0. The van der Waals surface area contributed by atoms with Crippen LogP contribution in [0.1, 0.15) is 49.8 Å². The fourth-order valence-electron chi connectivity index (χ4n) is 5.05. The number of hydrogen-bond acceptors (Lipinski definition) is 5. The predicted molar refractivity (Wildman–Crippen MR) is 159 cm³/mol. The first-order valence-corrected chi connectivity index (χ1v) is 13.8. The quantitative estimate of drug-likeness (QED) is 0.211. The van der Waals surface area contributed by atoms with Crippen molar-refractivity contribution in [2.75, 3.05) is 32.8 Å². The lowest BCUT2D eigenvalue weighted by atomic mass is 9.88. The smallest absolute Gasteiger partial charge is 0.313 e. The van der Waals surface area contributed by atoms with Crippen LogP contribution in [0, 0.1) is 5.92 Å². The Labute approximate surface area is 238 Å². The molecule has 0 N–H and O–H groups in total. The van der Waals surface area contributed by atoms with Crippen molar-refractivity contribution in [3.05, 3.63) is 89.5 Å². The Morgan fingerprint density at radius 1 is 0.923 bits per heavy atom. The Bertz CT molecular complexity index is 1260. The van der Waals surface area contributed by atoms with Crippen molar-refractivity contribution in [1.82, 2.24) is 4.90 Å². The second-order valence-electron chi connectivity index (χ2n) is 10.4. The molecule has 5 rings (SSSR count). The number of piperidine rings is 1. The number of likely N-dealkylation sites (tertiary alicyclic amines) is 1. The molecule has 0 radical (unpaired) electrons. The monoisotopic (exact) mass is 547 g/mol. The third-order valence-electron chi connectivity index (χ3n) is 7.26. The molecule has 3 aromatic carbocycles. The average molecular weight is 548 g/mol. The highest BCUT2D eigenvalue weighted by atomic mass is 35.5. The SMILES string of the molecule is CC(C)C(=O)Oc1ccc2c(c1)OCC(c1ccccc1)=C2Cc1ccc(OCCN2CCCCC2)cc1.Cl. The van der Waals surface area contributed by atoms with E-state index in [1.165, 1.54) is 49.1 Å². The highest BCUT2D eigenvalue weighted by Gasteiger charge is 2.23. The molecule has 0 aromatic heterocycles. The maximum absolute atomic E-state index is 12.1. The van der Waals surface area contributed by atoms with Crippen molar-refractivity contribution in [3.8, 4) is 17.2 Å². The van der Waals surface area contributed by atoms with E-state index in [0.29, 0.717) is 12.4 Å². The van der Waals surface area contributed by atoms with Crippen LogP contribution in [0.3, 0.4) is 0 Å². The van der Waals surface area contributed by atoms with Gasteiger partial charge in [-0.15, -0.1) is 12.4 Å². The Hall–Kier alpha value is -3.28. The Morgan fingerprint density at radius 2 is 1.64 bits per heavy atom. The van der Waals surface area contributed by atoms with Crippen LogP contribution in [0.4, 0.5) is 0 Å². The molecule has 39 heavy (non-hydrogen) atoms. The molecule has 0 aliphatic carbocycles. The van der Waals surface area contributed by atoms with E-state index in [-0.39, 0.29) is 24.3 Å². The number of nitrogens with zero attached hydrogens (tertiary/aromatic N) is 1. The van der Waals surface area contributed by atoms with Crippen LogP contribution in [-0.2, 0) is 11.2 Å². The van der Waals surface area contributed by atoms with Gasteiger partial charge >= 0.3 is 5.97 Å². The largest absolute Gasteiger partial charge is 0.492 e. The molecule has 3 aromatic rings. The third kappa shape index (κ3) is 7.43. The molecule has 206 valence electrons. The zero-order valence-electron chi connectivity index (χ0n) is 22.9. The van der Waals surface area contributed by atoms with E-state index >= 15 is 0 Å². The Kier molecular flexibility index (Phi) is 10.1. The lowest BCUT2D eigenvalue weighted by Gasteiger charge is -2.26. The van der Waals surface area contributed by atoms with Gasteiger partial charge in [-0.25, -0.2) is 0 Å². The second-order valence-corrected chi connectivity index (χ2v) is 10.4. The minimum Gasteiger partial charge on any atom is -0.492 e. The van der Waals surface area contributed by atoms with Crippen molar-refractivity contribution >= 4 is 29.5 Å². The summed E-state index contributed by atoms with van der Waals surface area (Å²) in [5, 5.41) is 0. The number of rotatable bonds is 9. The summed E-state index contributed by atoms with van der Waals surface area (Å²) in [5.41, 5.74) is 5.78. The van der Waals surface area contributed by atoms with Crippen LogP contribution >= 0.6 is 12.4 Å². The molecule has 5 nitrogen and oxygen atoms in total. The third-order valence-corrected chi connectivity index (χ3v) is 7.26. The number of carbonyl (C=O) groups is 1. The van der Waals surface area contributed by atoms with Gasteiger partial charge < -0.3 is 14.2 Å². The van der Waals surface area contributed by atoms with Crippen molar-refractivity contribution < 1.29 is 19.0 Å². The van der Waals surface area contributed by atoms with Gasteiger partial charge in [0, 0.05) is 23.7 Å². The summed E-state index contributed by atoms with van der Waals surface area (Å²) < 4.78 is 17.8. The number of ether oxygens (including phenoxy) is 3. The van der Waals surface area contributed by atoms with Crippen LogP contribution in [0.2, 0.25) is 0 Å². The van der Waals surface area contributed by atoms with E-state index in [1.807, 2.05) is 38.1 Å². The van der Waals surface area contributed by atoms with E-state index < -0.39 is 0 Å². The fraction of sp³-hybridized carbons (Fsp3) is 0.364. The number of esters is 1. The zero-order chi connectivity index (χ0) is 26.3. The van der Waals surface area contributed by atoms with Gasteiger partial charge in [-0.2, -0.15) is 0 Å². The molecule has 0 unspecified atom stereocenters. The molecule has 2 aliphatic rings. The molecule has 0 saturated carbocycles. The van der Waals surface area contributed by atoms with Gasteiger partial charge in [0.25, 0.3) is 0 Å². The van der Waals surface area contributed by atoms with Crippen LogP contribution in [-0.4, -0.2) is 43.7 Å². The summed E-state index contributed by atoms with van der Waals surface area (Å²) in [6.45, 7) is 8.20. The summed E-state index contributed by atoms with van der Waals surface area (Å²) in [4.78, 5) is 14.6. The minimum atomic E-state index is -0.250. The summed E-state index contributed by atoms with van der Waals surface area (Å²) >= 11 is 0. The maximum Gasteiger partial charge on any atom is 0.313 e. The van der Waals surface area contributed by atoms with Crippen LogP contribution < -0.4 is 14.2 Å². The molecule has 0 atom stereocenters. The number of allylic oxidation sites excluding steroid dienone is 1. The molecule has 0 amide bonds. The van der Waals surface area contributed by atoms with E-state index in [4.69, 9.17) is 14.2 Å². The van der Waals surface area contributed by atoms with Gasteiger partial charge in [-0.05, 0) is 73.3 Å². The predicted octanol–water partition coefficient (Wildman–Crippen LogP) is 7.08. The molecule has 2 aliphatic heterocycles. The van der Waals surface area contributed by atoms with Crippen LogP contribution in [0.25, 0.3) is 11.1 Å². The van der Waals surface area contributed by atoms with E-state index in [0.717, 1.165) is 42.2 Å². The topological polar surface area (TPSA) is 48.0 Å². The summed E-state index contributed by atoms with van der Waals surface area (Å²) in [6.07, 6.45) is 4.71. The number of fused-ring (bicyclic) bond motifs is 1. The first-order valence-electron chi connectivity index (χ1n) is 13.8. The first kappa shape index (κ1) is 28.7. The molecule has 0 spiro atoms. The minimum absolute atomic E-state index is 0. The highest BCUT2D eigenvalue weighted by molar-refractivity contribution is 5.95. The Balaban J connectivity index is 0.00000353. The van der Waals surface area contributed by atoms with Gasteiger partial charge in [-0.1, -0.05) is 62.7 Å². The molecule has 6 heteroatoms. The van der Waals surface area contributed by atoms with Gasteiger partial charge in [0.15, 0.2) is 0 Å². The highest BCUT2D eigenvalue weighted by Crippen LogP contribution is 2.41. The van der Waals surface area contributed by atoms with E-state index in [2.05, 4.69) is 53.4 Å². The first-order chi connectivity index (χ1) is 18.6. The van der Waals surface area contributed by atoms with Crippen molar-refractivity contribution in [2.24, 2.45) is 5.92 Å². The maximum atomic E-state index is 12.1. The normalized spacial score (nSPS) is 15.3. The lowest BCUT2D eigenvalue weighted by Crippen LogP contribution is -2.33. The molecule has 0 bridgehead atoms. The molecular weight excluding hydrogens is 510 g/mol. The molecular formula is C33H38ClNO4. The molecule has 1 fully saturated rings. The Morgan fingerprint density at radius 3 is 2.36 bits per heavy atom. The van der Waals surface area contributed by atoms with Crippen LogP contribution in [0.5, 0.6) is 17.2 Å². The van der Waals surface area contributed by atoms with E-state index in [9.17, 15) is 4.79 Å².